The van der Waals surface area contributed by atoms with Crippen molar-refractivity contribution in [1.82, 2.24) is 0 Å². The standard InChI is InChI=1S/C9H8F3NO2/c1-4-2-7-6(3-5(4)13)14-8(10)9(11,12)15-7/h2-3,8H,13H2,1H3. The normalized spacial score (nSPS) is 22.5. The first-order valence-corrected chi connectivity index (χ1v) is 4.18. The molecule has 0 aliphatic carbocycles. The van der Waals surface area contributed by atoms with Crippen molar-refractivity contribution in [3.05, 3.63) is 17.7 Å². The first-order chi connectivity index (χ1) is 6.90. The molecule has 1 aliphatic heterocycles. The second-order valence-corrected chi connectivity index (χ2v) is 3.25. The van der Waals surface area contributed by atoms with Crippen LogP contribution in [0.2, 0.25) is 0 Å². The zero-order valence-corrected chi connectivity index (χ0v) is 7.76. The summed E-state index contributed by atoms with van der Waals surface area (Å²) in [4.78, 5) is 0. The van der Waals surface area contributed by atoms with Crippen LogP contribution < -0.4 is 15.2 Å². The van der Waals surface area contributed by atoms with Gasteiger partial charge in [-0.2, -0.15) is 13.2 Å². The Bertz CT molecular complexity index is 409. The summed E-state index contributed by atoms with van der Waals surface area (Å²) in [7, 11) is 0. The van der Waals surface area contributed by atoms with Gasteiger partial charge in [0.1, 0.15) is 0 Å². The van der Waals surface area contributed by atoms with Gasteiger partial charge in [-0.05, 0) is 18.6 Å². The molecule has 0 bridgehead atoms. The van der Waals surface area contributed by atoms with Crippen molar-refractivity contribution in [3.63, 3.8) is 0 Å². The molecular formula is C9H8F3NO2. The van der Waals surface area contributed by atoms with Gasteiger partial charge >= 0.3 is 12.5 Å². The van der Waals surface area contributed by atoms with E-state index in [-0.39, 0.29) is 11.5 Å². The van der Waals surface area contributed by atoms with Crippen LogP contribution in [0.4, 0.5) is 18.9 Å². The third kappa shape index (κ3) is 1.55. The zero-order chi connectivity index (χ0) is 11.2. The molecule has 82 valence electrons. The first-order valence-electron chi connectivity index (χ1n) is 4.18. The molecule has 0 spiro atoms. The van der Waals surface area contributed by atoms with Gasteiger partial charge in [0.2, 0.25) is 0 Å². The number of anilines is 1. The van der Waals surface area contributed by atoms with Crippen molar-refractivity contribution < 1.29 is 22.6 Å². The van der Waals surface area contributed by atoms with E-state index >= 15 is 0 Å². The highest BCUT2D eigenvalue weighted by Gasteiger charge is 2.49. The van der Waals surface area contributed by atoms with Crippen molar-refractivity contribution >= 4 is 5.69 Å². The molecule has 1 atom stereocenters. The molecule has 0 saturated carbocycles. The second-order valence-electron chi connectivity index (χ2n) is 3.25. The molecule has 0 radical (unpaired) electrons. The van der Waals surface area contributed by atoms with Crippen LogP contribution in [-0.2, 0) is 0 Å². The number of nitrogens with two attached hydrogens (primary N) is 1. The van der Waals surface area contributed by atoms with Gasteiger partial charge in [-0.1, -0.05) is 0 Å². The fourth-order valence-corrected chi connectivity index (χ4v) is 1.22. The van der Waals surface area contributed by atoms with Crippen molar-refractivity contribution in [2.75, 3.05) is 5.73 Å². The Balaban J connectivity index is 2.46. The molecule has 3 nitrogen and oxygen atoms in total. The molecule has 1 aromatic carbocycles. The average molecular weight is 219 g/mol. The molecule has 0 saturated heterocycles. The van der Waals surface area contributed by atoms with Crippen LogP contribution in [0, 0.1) is 6.92 Å². The molecule has 2 rings (SSSR count). The molecule has 2 N–H and O–H groups in total. The summed E-state index contributed by atoms with van der Waals surface area (Å²) in [6.07, 6.45) is -6.78. The minimum absolute atomic E-state index is 0.114. The minimum atomic E-state index is -3.96. The maximum Gasteiger partial charge on any atom is 0.468 e. The van der Waals surface area contributed by atoms with E-state index in [0.29, 0.717) is 11.3 Å². The minimum Gasteiger partial charge on any atom is -0.447 e. The predicted molar refractivity (Wildman–Crippen MR) is 46.7 cm³/mol. The number of hydrogen-bond donors (Lipinski definition) is 1. The van der Waals surface area contributed by atoms with Crippen LogP contribution in [0.3, 0.4) is 0 Å². The highest BCUT2D eigenvalue weighted by molar-refractivity contribution is 5.57. The van der Waals surface area contributed by atoms with E-state index in [0.717, 1.165) is 0 Å². The number of rotatable bonds is 0. The first kappa shape index (κ1) is 9.95. The van der Waals surface area contributed by atoms with Crippen molar-refractivity contribution in [2.24, 2.45) is 0 Å². The maximum absolute atomic E-state index is 12.8. The Labute approximate surface area is 83.6 Å². The molecule has 0 fully saturated rings. The average Bonchev–Trinajstić information content (AvgIpc) is 2.11. The molecule has 1 aromatic rings. The summed E-state index contributed by atoms with van der Waals surface area (Å²) >= 11 is 0. The fourth-order valence-electron chi connectivity index (χ4n) is 1.22. The van der Waals surface area contributed by atoms with Crippen LogP contribution in [0.1, 0.15) is 5.56 Å². The second kappa shape index (κ2) is 2.95. The molecule has 1 aliphatic rings. The Hall–Kier alpha value is -1.59. The highest BCUT2D eigenvalue weighted by Crippen LogP contribution is 2.42. The third-order valence-electron chi connectivity index (χ3n) is 2.07. The topological polar surface area (TPSA) is 44.5 Å². The van der Waals surface area contributed by atoms with Crippen LogP contribution in [0.25, 0.3) is 0 Å². The summed E-state index contributed by atoms with van der Waals surface area (Å²) < 4.78 is 46.8. The molecule has 6 heteroatoms. The Kier molecular flexibility index (Phi) is 1.95. The summed E-state index contributed by atoms with van der Waals surface area (Å²) in [6, 6.07) is 2.54. The predicted octanol–water partition coefficient (Wildman–Crippen LogP) is 2.24. The van der Waals surface area contributed by atoms with Gasteiger partial charge in [0.15, 0.2) is 11.5 Å². The molecule has 15 heavy (non-hydrogen) atoms. The number of ether oxygens (including phenoxy) is 2. The summed E-state index contributed by atoms with van der Waals surface area (Å²) in [6.45, 7) is 1.62. The Morgan fingerprint density at radius 1 is 1.33 bits per heavy atom. The van der Waals surface area contributed by atoms with Crippen molar-refractivity contribution in [2.45, 2.75) is 19.4 Å². The largest absolute Gasteiger partial charge is 0.468 e. The number of fused-ring (bicyclic) bond motifs is 1. The third-order valence-corrected chi connectivity index (χ3v) is 2.07. The highest BCUT2D eigenvalue weighted by atomic mass is 19.3. The van der Waals surface area contributed by atoms with E-state index in [1.54, 1.807) is 6.92 Å². The van der Waals surface area contributed by atoms with Crippen LogP contribution in [-0.4, -0.2) is 12.5 Å². The van der Waals surface area contributed by atoms with E-state index in [1.807, 2.05) is 0 Å². The Morgan fingerprint density at radius 2 is 2.00 bits per heavy atom. The van der Waals surface area contributed by atoms with Crippen molar-refractivity contribution in [3.8, 4) is 11.5 Å². The van der Waals surface area contributed by atoms with Gasteiger partial charge in [0.25, 0.3) is 0 Å². The number of alkyl halides is 3. The molecule has 1 unspecified atom stereocenters. The van der Waals surface area contributed by atoms with Gasteiger partial charge in [-0.3, -0.25) is 0 Å². The number of aryl methyl sites for hydroxylation is 1. The number of nitrogen functional groups attached to an aromatic ring is 1. The van der Waals surface area contributed by atoms with E-state index in [2.05, 4.69) is 9.47 Å². The summed E-state index contributed by atoms with van der Waals surface area (Å²) in [5, 5.41) is 0. The lowest BCUT2D eigenvalue weighted by atomic mass is 10.2. The van der Waals surface area contributed by atoms with Crippen LogP contribution >= 0.6 is 0 Å². The van der Waals surface area contributed by atoms with Gasteiger partial charge in [0, 0.05) is 11.8 Å². The van der Waals surface area contributed by atoms with Gasteiger partial charge in [-0.25, -0.2) is 0 Å². The molecule has 1 heterocycles. The smallest absolute Gasteiger partial charge is 0.447 e. The molecule has 0 aromatic heterocycles. The van der Waals surface area contributed by atoms with Gasteiger partial charge < -0.3 is 15.2 Å². The van der Waals surface area contributed by atoms with Gasteiger partial charge in [0.05, 0.1) is 0 Å². The van der Waals surface area contributed by atoms with Crippen LogP contribution in [0.15, 0.2) is 12.1 Å². The van der Waals surface area contributed by atoms with E-state index in [4.69, 9.17) is 5.73 Å². The SMILES string of the molecule is Cc1cc2c(cc1N)OC(F)C(F)(F)O2. The quantitative estimate of drug-likeness (QED) is 0.680. The summed E-state index contributed by atoms with van der Waals surface area (Å²) in [5.41, 5.74) is 6.40. The lowest BCUT2D eigenvalue weighted by Crippen LogP contribution is -2.43. The lowest BCUT2D eigenvalue weighted by molar-refractivity contribution is -0.281. The number of benzene rings is 1. The van der Waals surface area contributed by atoms with E-state index in [9.17, 15) is 13.2 Å². The number of halogens is 3. The van der Waals surface area contributed by atoms with Gasteiger partial charge in [-0.15, -0.1) is 0 Å². The fraction of sp³-hybridized carbons (Fsp3) is 0.333. The van der Waals surface area contributed by atoms with E-state index < -0.39 is 12.5 Å². The molecular weight excluding hydrogens is 211 g/mol. The lowest BCUT2D eigenvalue weighted by Gasteiger charge is -2.28. The zero-order valence-electron chi connectivity index (χ0n) is 7.76. The maximum atomic E-state index is 12.8. The Morgan fingerprint density at radius 3 is 2.67 bits per heavy atom. The monoisotopic (exact) mass is 219 g/mol. The molecule has 0 amide bonds. The summed E-state index contributed by atoms with van der Waals surface area (Å²) in [5.74, 6) is -0.322. The number of hydrogen-bond acceptors (Lipinski definition) is 3. The van der Waals surface area contributed by atoms with Crippen molar-refractivity contribution in [1.29, 1.82) is 0 Å². The van der Waals surface area contributed by atoms with E-state index in [1.165, 1.54) is 12.1 Å². The van der Waals surface area contributed by atoms with Crippen LogP contribution in [0.5, 0.6) is 11.5 Å².